The third-order valence-corrected chi connectivity index (χ3v) is 2.18. The fraction of sp³-hybridized carbons (Fsp3) is 0.667. The standard InChI is InChI=1S/C9H16N2O3/c1-2-3-10-4-9(14)11-5-7(12)8(13)6-11/h2,7-8,10,12-13H,1,3-6H2. The number of nitrogens with one attached hydrogen (secondary N) is 1. The van der Waals surface area contributed by atoms with Crippen molar-refractivity contribution in [2.24, 2.45) is 0 Å². The van der Waals surface area contributed by atoms with Crippen LogP contribution in [0.3, 0.4) is 0 Å². The van der Waals surface area contributed by atoms with Crippen molar-refractivity contribution in [2.45, 2.75) is 12.2 Å². The number of carbonyl (C=O) groups is 1. The van der Waals surface area contributed by atoms with Gasteiger partial charge in [0.15, 0.2) is 0 Å². The number of aliphatic hydroxyl groups excluding tert-OH is 2. The average molecular weight is 200 g/mol. The summed E-state index contributed by atoms with van der Waals surface area (Å²) in [4.78, 5) is 12.9. The Bertz CT molecular complexity index is 210. The Kier molecular flexibility index (Phi) is 4.06. The van der Waals surface area contributed by atoms with Gasteiger partial charge >= 0.3 is 0 Å². The van der Waals surface area contributed by atoms with Gasteiger partial charge in [-0.15, -0.1) is 6.58 Å². The summed E-state index contributed by atoms with van der Waals surface area (Å²) in [6.45, 7) is 4.74. The monoisotopic (exact) mass is 200 g/mol. The summed E-state index contributed by atoms with van der Waals surface area (Å²) in [5.74, 6) is -0.109. The van der Waals surface area contributed by atoms with E-state index in [0.29, 0.717) is 6.54 Å². The highest BCUT2D eigenvalue weighted by atomic mass is 16.3. The van der Waals surface area contributed by atoms with Gasteiger partial charge in [-0.05, 0) is 0 Å². The number of nitrogens with zero attached hydrogens (tertiary/aromatic N) is 1. The van der Waals surface area contributed by atoms with Crippen molar-refractivity contribution >= 4 is 5.91 Å². The van der Waals surface area contributed by atoms with Gasteiger partial charge in [0, 0.05) is 19.6 Å². The summed E-state index contributed by atoms with van der Waals surface area (Å²) < 4.78 is 0. The molecular formula is C9H16N2O3. The van der Waals surface area contributed by atoms with E-state index in [2.05, 4.69) is 11.9 Å². The van der Waals surface area contributed by atoms with E-state index >= 15 is 0 Å². The maximum absolute atomic E-state index is 11.4. The van der Waals surface area contributed by atoms with E-state index in [1.165, 1.54) is 4.90 Å². The zero-order valence-corrected chi connectivity index (χ0v) is 8.02. The van der Waals surface area contributed by atoms with Crippen molar-refractivity contribution in [1.82, 2.24) is 10.2 Å². The molecule has 14 heavy (non-hydrogen) atoms. The van der Waals surface area contributed by atoms with Gasteiger partial charge in [-0.2, -0.15) is 0 Å². The molecule has 0 radical (unpaired) electrons. The average Bonchev–Trinajstić information content (AvgIpc) is 2.47. The molecular weight excluding hydrogens is 184 g/mol. The highest BCUT2D eigenvalue weighted by Gasteiger charge is 2.31. The van der Waals surface area contributed by atoms with Crippen LogP contribution in [0.1, 0.15) is 0 Å². The Balaban J connectivity index is 2.28. The van der Waals surface area contributed by atoms with Gasteiger partial charge in [-0.25, -0.2) is 0 Å². The molecule has 5 nitrogen and oxygen atoms in total. The van der Waals surface area contributed by atoms with Crippen LogP contribution in [0, 0.1) is 0 Å². The van der Waals surface area contributed by atoms with Crippen LogP contribution >= 0.6 is 0 Å². The molecule has 0 aromatic carbocycles. The Hall–Kier alpha value is -0.910. The van der Waals surface area contributed by atoms with E-state index in [0.717, 1.165) is 0 Å². The summed E-state index contributed by atoms with van der Waals surface area (Å²) >= 11 is 0. The second-order valence-corrected chi connectivity index (χ2v) is 3.35. The van der Waals surface area contributed by atoms with Gasteiger partial charge in [0.25, 0.3) is 0 Å². The smallest absolute Gasteiger partial charge is 0.236 e. The van der Waals surface area contributed by atoms with Gasteiger partial charge in [0.05, 0.1) is 18.8 Å². The number of aliphatic hydroxyl groups is 2. The first-order chi connectivity index (χ1) is 6.65. The maximum atomic E-state index is 11.4. The zero-order chi connectivity index (χ0) is 10.6. The number of rotatable bonds is 4. The SMILES string of the molecule is C=CCNCC(=O)N1CC(O)C(O)C1. The lowest BCUT2D eigenvalue weighted by Gasteiger charge is -2.15. The second kappa shape index (κ2) is 5.09. The normalized spacial score (nSPS) is 26.6. The van der Waals surface area contributed by atoms with Gasteiger partial charge in [-0.3, -0.25) is 4.79 Å². The quantitative estimate of drug-likeness (QED) is 0.374. The molecule has 0 aromatic rings. The predicted molar refractivity (Wildman–Crippen MR) is 51.7 cm³/mol. The van der Waals surface area contributed by atoms with Gasteiger partial charge < -0.3 is 20.4 Å². The first-order valence-electron chi connectivity index (χ1n) is 4.60. The first kappa shape index (κ1) is 11.2. The number of β-amino-alcohol motifs (C(OH)–C–C–N with tert-alkyl or cyclic N) is 2. The van der Waals surface area contributed by atoms with Crippen LogP contribution in [0.4, 0.5) is 0 Å². The van der Waals surface area contributed by atoms with Crippen molar-refractivity contribution in [2.75, 3.05) is 26.2 Å². The molecule has 1 heterocycles. The molecule has 80 valence electrons. The molecule has 1 rings (SSSR count). The van der Waals surface area contributed by atoms with Crippen LogP contribution in [-0.2, 0) is 4.79 Å². The minimum atomic E-state index is -0.807. The molecule has 2 atom stereocenters. The minimum absolute atomic E-state index is 0.109. The van der Waals surface area contributed by atoms with Crippen LogP contribution in [0.2, 0.25) is 0 Å². The number of likely N-dealkylation sites (tertiary alicyclic amines) is 1. The van der Waals surface area contributed by atoms with Gasteiger partial charge in [-0.1, -0.05) is 6.08 Å². The fourth-order valence-electron chi connectivity index (χ4n) is 1.37. The summed E-state index contributed by atoms with van der Waals surface area (Å²) in [5, 5.41) is 21.3. The first-order valence-corrected chi connectivity index (χ1v) is 4.60. The molecule has 3 N–H and O–H groups in total. The molecule has 1 aliphatic rings. The lowest BCUT2D eigenvalue weighted by atomic mass is 10.3. The third-order valence-electron chi connectivity index (χ3n) is 2.18. The highest BCUT2D eigenvalue weighted by molar-refractivity contribution is 5.78. The lowest BCUT2D eigenvalue weighted by Crippen LogP contribution is -2.37. The van der Waals surface area contributed by atoms with E-state index < -0.39 is 12.2 Å². The van der Waals surface area contributed by atoms with E-state index in [1.54, 1.807) is 6.08 Å². The van der Waals surface area contributed by atoms with Crippen LogP contribution in [0.15, 0.2) is 12.7 Å². The van der Waals surface area contributed by atoms with Crippen LogP contribution < -0.4 is 5.32 Å². The van der Waals surface area contributed by atoms with E-state index in [-0.39, 0.29) is 25.5 Å². The summed E-state index contributed by atoms with van der Waals surface area (Å²) in [5.41, 5.74) is 0. The topological polar surface area (TPSA) is 72.8 Å². The van der Waals surface area contributed by atoms with E-state index in [4.69, 9.17) is 0 Å². The van der Waals surface area contributed by atoms with Gasteiger partial charge in [0.1, 0.15) is 0 Å². The predicted octanol–water partition coefficient (Wildman–Crippen LogP) is -1.67. The number of carbonyl (C=O) groups excluding carboxylic acids is 1. The largest absolute Gasteiger partial charge is 0.388 e. The third kappa shape index (κ3) is 2.80. The lowest BCUT2D eigenvalue weighted by molar-refractivity contribution is -0.129. The summed E-state index contributed by atoms with van der Waals surface area (Å²) in [6, 6.07) is 0. The molecule has 1 amide bonds. The van der Waals surface area contributed by atoms with Crippen LogP contribution in [-0.4, -0.2) is 59.4 Å². The van der Waals surface area contributed by atoms with Crippen LogP contribution in [0.25, 0.3) is 0 Å². The van der Waals surface area contributed by atoms with Gasteiger partial charge in [0.2, 0.25) is 5.91 Å². The number of hydrogen-bond donors (Lipinski definition) is 3. The zero-order valence-electron chi connectivity index (χ0n) is 8.02. The summed E-state index contributed by atoms with van der Waals surface area (Å²) in [6.07, 6.45) is 0.0535. The Labute approximate surface area is 83.0 Å². The molecule has 2 unspecified atom stereocenters. The van der Waals surface area contributed by atoms with Crippen molar-refractivity contribution in [1.29, 1.82) is 0 Å². The molecule has 1 aliphatic heterocycles. The molecule has 0 aliphatic carbocycles. The highest BCUT2D eigenvalue weighted by Crippen LogP contribution is 2.09. The van der Waals surface area contributed by atoms with Crippen molar-refractivity contribution in [3.05, 3.63) is 12.7 Å². The molecule has 1 fully saturated rings. The van der Waals surface area contributed by atoms with Crippen molar-refractivity contribution in [3.63, 3.8) is 0 Å². The number of amides is 1. The van der Waals surface area contributed by atoms with E-state index in [1.807, 2.05) is 0 Å². The molecule has 1 saturated heterocycles. The Morgan fingerprint density at radius 1 is 1.50 bits per heavy atom. The molecule has 0 saturated carbocycles. The Morgan fingerprint density at radius 2 is 2.07 bits per heavy atom. The van der Waals surface area contributed by atoms with E-state index in [9.17, 15) is 15.0 Å². The number of hydrogen-bond acceptors (Lipinski definition) is 4. The second-order valence-electron chi connectivity index (χ2n) is 3.35. The van der Waals surface area contributed by atoms with Crippen molar-refractivity contribution in [3.8, 4) is 0 Å². The Morgan fingerprint density at radius 3 is 2.57 bits per heavy atom. The fourth-order valence-corrected chi connectivity index (χ4v) is 1.37. The summed E-state index contributed by atoms with van der Waals surface area (Å²) in [7, 11) is 0. The molecule has 5 heteroatoms. The molecule has 0 spiro atoms. The molecule has 0 aromatic heterocycles. The minimum Gasteiger partial charge on any atom is -0.388 e. The maximum Gasteiger partial charge on any atom is 0.236 e. The molecule has 0 bridgehead atoms. The van der Waals surface area contributed by atoms with Crippen LogP contribution in [0.5, 0.6) is 0 Å². The van der Waals surface area contributed by atoms with Crippen molar-refractivity contribution < 1.29 is 15.0 Å².